The highest BCUT2D eigenvalue weighted by Crippen LogP contribution is 2.32. The maximum Gasteiger partial charge on any atom is 0.243 e. The van der Waals surface area contributed by atoms with Gasteiger partial charge in [-0.15, -0.1) is 0 Å². The van der Waals surface area contributed by atoms with Gasteiger partial charge >= 0.3 is 0 Å². The van der Waals surface area contributed by atoms with E-state index in [2.05, 4.69) is 10.3 Å². The van der Waals surface area contributed by atoms with Gasteiger partial charge in [-0.05, 0) is 56.2 Å². The largest absolute Gasteiger partial charge is 0.497 e. The monoisotopic (exact) mass is 516 g/mol. The second-order valence-electron chi connectivity index (χ2n) is 9.03. The molecule has 37 heavy (non-hydrogen) atoms. The Hall–Kier alpha value is -3.95. The van der Waals surface area contributed by atoms with Crippen molar-refractivity contribution in [3.63, 3.8) is 0 Å². The van der Waals surface area contributed by atoms with Crippen LogP contribution in [0.25, 0.3) is 16.9 Å². The number of carbonyl (C=O) groups is 1. The lowest BCUT2D eigenvalue weighted by Crippen LogP contribution is -2.39. The molecule has 4 aromatic rings. The summed E-state index contributed by atoms with van der Waals surface area (Å²) < 4.78 is 35.1. The average Bonchev–Trinajstić information content (AvgIpc) is 3.67. The summed E-state index contributed by atoms with van der Waals surface area (Å²) in [5.41, 5.74) is 3.32. The van der Waals surface area contributed by atoms with Crippen LogP contribution in [0.4, 0.5) is 5.95 Å². The zero-order chi connectivity index (χ0) is 26.0. The van der Waals surface area contributed by atoms with Crippen LogP contribution in [0.15, 0.2) is 90.0 Å². The third kappa shape index (κ3) is 5.42. The number of anilines is 1. The SMILES string of the molecule is COc1ccc(-n2cc(-c3ccccc3)nc2NC(=O)CN(C2CC2)S(=O)(=O)c2ccc(C)cc2)cc1. The van der Waals surface area contributed by atoms with Gasteiger partial charge < -0.3 is 4.74 Å². The zero-order valence-electron chi connectivity index (χ0n) is 20.7. The number of nitrogens with one attached hydrogen (secondary N) is 1. The number of sulfonamides is 1. The number of methoxy groups -OCH3 is 1. The quantitative estimate of drug-likeness (QED) is 0.350. The Bertz CT molecular complexity index is 1490. The zero-order valence-corrected chi connectivity index (χ0v) is 21.5. The van der Waals surface area contributed by atoms with Crippen molar-refractivity contribution in [2.75, 3.05) is 19.0 Å². The summed E-state index contributed by atoms with van der Waals surface area (Å²) in [4.78, 5) is 18.1. The molecule has 1 fully saturated rings. The van der Waals surface area contributed by atoms with Gasteiger partial charge in [0.25, 0.3) is 0 Å². The number of aryl methyl sites for hydroxylation is 1. The minimum atomic E-state index is -3.82. The standard InChI is InChI=1S/C28H28N4O4S/c1-20-8-16-25(17-9-20)37(34,35)32(23-10-11-23)19-27(33)30-28-29-26(21-6-4-3-5-7-21)18-31(28)22-12-14-24(36-2)15-13-22/h3-9,12-18,23H,10-11,19H2,1-2H3,(H,29,30,33). The minimum absolute atomic E-state index is 0.182. The fraction of sp³-hybridized carbons (Fsp3) is 0.214. The molecule has 0 saturated heterocycles. The van der Waals surface area contributed by atoms with Crippen LogP contribution in [0.1, 0.15) is 18.4 Å². The van der Waals surface area contributed by atoms with E-state index in [0.29, 0.717) is 17.4 Å². The maximum absolute atomic E-state index is 13.4. The number of carbonyl (C=O) groups excluding carboxylic acids is 1. The highest BCUT2D eigenvalue weighted by Gasteiger charge is 2.39. The van der Waals surface area contributed by atoms with Gasteiger partial charge in [-0.1, -0.05) is 48.0 Å². The molecule has 3 aromatic carbocycles. The van der Waals surface area contributed by atoms with Gasteiger partial charge in [-0.25, -0.2) is 13.4 Å². The van der Waals surface area contributed by atoms with Crippen molar-refractivity contribution >= 4 is 21.9 Å². The Labute approximate surface area is 216 Å². The number of amides is 1. The third-order valence-electron chi connectivity index (χ3n) is 6.26. The number of imidazole rings is 1. The van der Waals surface area contributed by atoms with Gasteiger partial charge in [-0.2, -0.15) is 4.31 Å². The van der Waals surface area contributed by atoms with Crippen molar-refractivity contribution < 1.29 is 17.9 Å². The lowest BCUT2D eigenvalue weighted by Gasteiger charge is -2.21. The molecule has 5 rings (SSSR count). The van der Waals surface area contributed by atoms with E-state index < -0.39 is 15.9 Å². The van der Waals surface area contributed by atoms with Crippen molar-refractivity contribution in [3.8, 4) is 22.7 Å². The van der Waals surface area contributed by atoms with Crippen molar-refractivity contribution in [1.82, 2.24) is 13.9 Å². The van der Waals surface area contributed by atoms with Gasteiger partial charge in [0.05, 0.1) is 24.2 Å². The third-order valence-corrected chi connectivity index (χ3v) is 8.17. The molecule has 1 amide bonds. The molecule has 1 heterocycles. The Morgan fingerprint density at radius 3 is 2.32 bits per heavy atom. The van der Waals surface area contributed by atoms with Gasteiger partial charge in [0.2, 0.25) is 21.9 Å². The molecule has 1 aromatic heterocycles. The molecule has 0 spiro atoms. The molecule has 1 aliphatic carbocycles. The Balaban J connectivity index is 1.43. The highest BCUT2D eigenvalue weighted by molar-refractivity contribution is 7.89. The molecule has 1 saturated carbocycles. The second kappa shape index (κ2) is 10.2. The molecular weight excluding hydrogens is 488 g/mol. The molecule has 0 unspecified atom stereocenters. The lowest BCUT2D eigenvalue weighted by molar-refractivity contribution is -0.116. The first kappa shape index (κ1) is 24.7. The van der Waals surface area contributed by atoms with E-state index in [0.717, 1.165) is 29.7 Å². The van der Waals surface area contributed by atoms with Crippen LogP contribution >= 0.6 is 0 Å². The average molecular weight is 517 g/mol. The summed E-state index contributed by atoms with van der Waals surface area (Å²) in [5.74, 6) is 0.555. The van der Waals surface area contributed by atoms with E-state index >= 15 is 0 Å². The van der Waals surface area contributed by atoms with E-state index in [1.54, 1.807) is 35.9 Å². The van der Waals surface area contributed by atoms with E-state index in [1.165, 1.54) is 4.31 Å². The predicted octanol–water partition coefficient (Wildman–Crippen LogP) is 4.65. The van der Waals surface area contributed by atoms with Crippen LogP contribution in [0.2, 0.25) is 0 Å². The first-order chi connectivity index (χ1) is 17.8. The van der Waals surface area contributed by atoms with E-state index in [-0.39, 0.29) is 17.5 Å². The molecule has 0 radical (unpaired) electrons. The Morgan fingerprint density at radius 2 is 1.70 bits per heavy atom. The highest BCUT2D eigenvalue weighted by atomic mass is 32.2. The van der Waals surface area contributed by atoms with Crippen LogP contribution in [0, 0.1) is 6.92 Å². The first-order valence-corrected chi connectivity index (χ1v) is 13.5. The summed E-state index contributed by atoms with van der Waals surface area (Å²) in [7, 11) is -2.22. The molecular formula is C28H28N4O4S. The molecule has 0 aliphatic heterocycles. The Morgan fingerprint density at radius 1 is 1.03 bits per heavy atom. The summed E-state index contributed by atoms with van der Waals surface area (Å²) >= 11 is 0. The number of aromatic nitrogens is 2. The van der Waals surface area contributed by atoms with Gasteiger partial charge in [-0.3, -0.25) is 14.7 Å². The lowest BCUT2D eigenvalue weighted by atomic mass is 10.2. The van der Waals surface area contributed by atoms with Gasteiger partial charge in [0.1, 0.15) is 5.75 Å². The molecule has 190 valence electrons. The number of nitrogens with zero attached hydrogens (tertiary/aromatic N) is 3. The van der Waals surface area contributed by atoms with Crippen LogP contribution in [0.3, 0.4) is 0 Å². The van der Waals surface area contributed by atoms with Crippen molar-refractivity contribution in [2.45, 2.75) is 30.7 Å². The van der Waals surface area contributed by atoms with Crippen LogP contribution in [0.5, 0.6) is 5.75 Å². The number of hydrogen-bond acceptors (Lipinski definition) is 5. The predicted molar refractivity (Wildman–Crippen MR) is 142 cm³/mol. The van der Waals surface area contributed by atoms with E-state index in [1.807, 2.05) is 67.7 Å². The molecule has 1 N–H and O–H groups in total. The molecule has 1 aliphatic rings. The van der Waals surface area contributed by atoms with Crippen molar-refractivity contribution in [2.24, 2.45) is 0 Å². The number of benzene rings is 3. The normalized spacial score (nSPS) is 13.5. The minimum Gasteiger partial charge on any atom is -0.497 e. The van der Waals surface area contributed by atoms with Gasteiger partial charge in [0.15, 0.2) is 0 Å². The molecule has 9 heteroatoms. The number of ether oxygens (including phenoxy) is 1. The smallest absolute Gasteiger partial charge is 0.243 e. The topological polar surface area (TPSA) is 93.5 Å². The summed E-state index contributed by atoms with van der Waals surface area (Å²) in [6.07, 6.45) is 3.31. The summed E-state index contributed by atoms with van der Waals surface area (Å²) in [6.45, 7) is 1.61. The van der Waals surface area contributed by atoms with E-state index in [4.69, 9.17) is 4.74 Å². The maximum atomic E-state index is 13.4. The molecule has 8 nitrogen and oxygen atoms in total. The fourth-order valence-electron chi connectivity index (χ4n) is 4.08. The van der Waals surface area contributed by atoms with Crippen molar-refractivity contribution in [1.29, 1.82) is 0 Å². The van der Waals surface area contributed by atoms with E-state index in [9.17, 15) is 13.2 Å². The second-order valence-corrected chi connectivity index (χ2v) is 10.9. The number of hydrogen-bond donors (Lipinski definition) is 1. The first-order valence-electron chi connectivity index (χ1n) is 12.0. The number of rotatable bonds is 9. The van der Waals surface area contributed by atoms with Crippen molar-refractivity contribution in [3.05, 3.63) is 90.6 Å². The molecule has 0 atom stereocenters. The van der Waals surface area contributed by atoms with Crippen LogP contribution < -0.4 is 10.1 Å². The fourth-order valence-corrected chi connectivity index (χ4v) is 5.72. The summed E-state index contributed by atoms with van der Waals surface area (Å²) in [5, 5.41) is 2.85. The van der Waals surface area contributed by atoms with Gasteiger partial charge in [0, 0.05) is 23.5 Å². The summed E-state index contributed by atoms with van der Waals surface area (Å²) in [6, 6.07) is 23.5. The van der Waals surface area contributed by atoms with Crippen LogP contribution in [-0.4, -0.2) is 47.9 Å². The molecule has 0 bridgehead atoms. The Kier molecular flexibility index (Phi) is 6.82. The van der Waals surface area contributed by atoms with Crippen LogP contribution in [-0.2, 0) is 14.8 Å².